The van der Waals surface area contributed by atoms with Crippen molar-refractivity contribution < 1.29 is 53.8 Å². The third kappa shape index (κ3) is 8.29. The highest BCUT2D eigenvalue weighted by atomic mass is 19.4. The molecule has 2 aromatic carbocycles. The summed E-state index contributed by atoms with van der Waals surface area (Å²) in [6, 6.07) is 7.71. The number of hydrogen-bond donors (Lipinski definition) is 1. The van der Waals surface area contributed by atoms with Gasteiger partial charge in [0.2, 0.25) is 5.91 Å². The summed E-state index contributed by atoms with van der Waals surface area (Å²) in [5.74, 6) is -3.70. The van der Waals surface area contributed by atoms with Crippen molar-refractivity contribution in [1.82, 2.24) is 19.7 Å². The lowest BCUT2D eigenvalue weighted by Gasteiger charge is -2.42. The summed E-state index contributed by atoms with van der Waals surface area (Å²) in [5.41, 5.74) is -3.35. The summed E-state index contributed by atoms with van der Waals surface area (Å²) in [7, 11) is 2.39. The largest absolute Gasteiger partial charge is 0.467 e. The summed E-state index contributed by atoms with van der Waals surface area (Å²) in [5, 5.41) is 2.04. The van der Waals surface area contributed by atoms with Gasteiger partial charge in [-0.25, -0.2) is 4.79 Å². The Morgan fingerprint density at radius 3 is 2.21 bits per heavy atom. The Bertz CT molecular complexity index is 2010. The van der Waals surface area contributed by atoms with Gasteiger partial charge >= 0.3 is 24.5 Å². The van der Waals surface area contributed by atoms with Crippen molar-refractivity contribution in [2.75, 3.05) is 39.8 Å². The van der Waals surface area contributed by atoms with E-state index in [1.807, 2.05) is 0 Å². The predicted molar refractivity (Wildman–Crippen MR) is 188 cm³/mol. The Balaban J connectivity index is 1.33. The molecule has 306 valence electrons. The molecule has 2 atom stereocenters. The summed E-state index contributed by atoms with van der Waals surface area (Å²) in [6.07, 6.45) is -13.8. The number of likely N-dealkylation sites (tertiary alicyclic amines) is 2. The monoisotopic (exact) mass is 802 g/mol. The molecule has 0 bridgehead atoms. The van der Waals surface area contributed by atoms with E-state index in [0.717, 1.165) is 44.4 Å². The van der Waals surface area contributed by atoms with Gasteiger partial charge in [0.05, 0.1) is 24.7 Å². The van der Waals surface area contributed by atoms with Gasteiger partial charge in [-0.1, -0.05) is 30.7 Å². The highest BCUT2D eigenvalue weighted by molar-refractivity contribution is 5.89. The first kappa shape index (κ1) is 41.5. The molecule has 2 saturated heterocycles. The van der Waals surface area contributed by atoms with Crippen molar-refractivity contribution in [1.29, 1.82) is 0 Å². The number of benzene rings is 2. The second-order valence-electron chi connectivity index (χ2n) is 15.1. The van der Waals surface area contributed by atoms with Crippen molar-refractivity contribution in [3.8, 4) is 0 Å². The molecule has 1 amide bonds. The lowest BCUT2D eigenvalue weighted by Crippen LogP contribution is -2.59. The molecule has 1 aliphatic carbocycles. The van der Waals surface area contributed by atoms with Crippen LogP contribution in [0.5, 0.6) is 0 Å². The number of rotatable bonds is 9. The van der Waals surface area contributed by atoms with E-state index >= 15 is 13.2 Å². The van der Waals surface area contributed by atoms with Gasteiger partial charge in [0.1, 0.15) is 11.5 Å². The number of halogens is 9. The molecule has 0 radical (unpaired) electrons. The number of ether oxygens (including phenoxy) is 1. The number of methoxy groups -OCH3 is 1. The van der Waals surface area contributed by atoms with Crippen LogP contribution in [0.3, 0.4) is 0 Å². The molecule has 2 aliphatic heterocycles. The van der Waals surface area contributed by atoms with Crippen LogP contribution in [0.2, 0.25) is 0 Å². The Morgan fingerprint density at radius 2 is 1.61 bits per heavy atom. The van der Waals surface area contributed by atoms with Crippen LogP contribution in [0.15, 0.2) is 41.2 Å². The molecule has 6 rings (SSSR count). The molecule has 2 fully saturated rings. The maximum atomic E-state index is 15.2. The molecule has 8 nitrogen and oxygen atoms in total. The Labute approximate surface area is 316 Å². The van der Waals surface area contributed by atoms with Gasteiger partial charge in [-0.15, -0.1) is 0 Å². The van der Waals surface area contributed by atoms with Crippen molar-refractivity contribution in [2.45, 2.75) is 88.4 Å². The van der Waals surface area contributed by atoms with Gasteiger partial charge in [-0.05, 0) is 99.1 Å². The lowest BCUT2D eigenvalue weighted by atomic mass is 9.76. The second-order valence-corrected chi connectivity index (χ2v) is 15.1. The quantitative estimate of drug-likeness (QED) is 0.185. The highest BCUT2D eigenvalue weighted by Gasteiger charge is 2.61. The number of aromatic nitrogens is 1. The standard InChI is InChI=1S/C39H43F9N4O4/c1-50-30-12-9-23(21-51-15-4-3-5-16-51)19-28(30)32(38(43,44)45)31(33(50)53)27-11-10-25-24(7-6-8-26(25)27)20-29(34(54)56-2)49-35(55)36(39(46,47)48)13-17-52(18-14-36)22-37(40,41)42/h6-9,12,19,27,29H,3-5,10-11,13-18,20-22H2,1-2H3,(H,49,55)/t27-,29?/m0/s1. The Hall–Kier alpha value is -4.12. The van der Waals surface area contributed by atoms with Crippen LogP contribution in [0.4, 0.5) is 39.5 Å². The topological polar surface area (TPSA) is 83.9 Å². The number of carbonyl (C=O) groups excluding carboxylic acids is 2. The van der Waals surface area contributed by atoms with Crippen LogP contribution in [0.25, 0.3) is 10.9 Å². The smallest absolute Gasteiger partial charge is 0.417 e. The molecule has 3 aromatic rings. The first-order chi connectivity index (χ1) is 26.2. The fraction of sp³-hybridized carbons (Fsp3) is 0.564. The van der Waals surface area contributed by atoms with Gasteiger partial charge in [0.15, 0.2) is 0 Å². The molecule has 1 unspecified atom stereocenters. The molecule has 1 aromatic heterocycles. The number of carbonyl (C=O) groups is 2. The first-order valence-corrected chi connectivity index (χ1v) is 18.5. The zero-order valence-electron chi connectivity index (χ0n) is 30.9. The first-order valence-electron chi connectivity index (χ1n) is 18.5. The third-order valence-corrected chi connectivity index (χ3v) is 11.7. The molecule has 1 N–H and O–H groups in total. The van der Waals surface area contributed by atoms with E-state index in [4.69, 9.17) is 4.74 Å². The van der Waals surface area contributed by atoms with Crippen LogP contribution in [0.1, 0.15) is 77.8 Å². The highest BCUT2D eigenvalue weighted by Crippen LogP contribution is 2.48. The molecule has 17 heteroatoms. The maximum Gasteiger partial charge on any atom is 0.417 e. The predicted octanol–water partition coefficient (Wildman–Crippen LogP) is 7.03. The van der Waals surface area contributed by atoms with E-state index in [1.54, 1.807) is 12.1 Å². The number of esters is 1. The molecule has 0 saturated carbocycles. The maximum absolute atomic E-state index is 15.2. The minimum absolute atomic E-state index is 0.0878. The summed E-state index contributed by atoms with van der Waals surface area (Å²) in [6.45, 7) is -0.661. The zero-order chi connectivity index (χ0) is 40.8. The number of fused-ring (bicyclic) bond motifs is 2. The molecular formula is C39H43F9N4O4. The van der Waals surface area contributed by atoms with Crippen LogP contribution in [0, 0.1) is 5.41 Å². The van der Waals surface area contributed by atoms with Crippen LogP contribution >= 0.6 is 0 Å². The third-order valence-electron chi connectivity index (χ3n) is 11.7. The molecular weight excluding hydrogens is 759 g/mol. The van der Waals surface area contributed by atoms with Crippen LogP contribution in [-0.2, 0) is 46.9 Å². The number of nitrogens with zero attached hydrogens (tertiary/aromatic N) is 3. The Morgan fingerprint density at radius 1 is 0.929 bits per heavy atom. The zero-order valence-corrected chi connectivity index (χ0v) is 30.9. The number of amides is 1. The van der Waals surface area contributed by atoms with E-state index in [2.05, 4.69) is 10.2 Å². The number of aryl methyl sites for hydroxylation is 1. The summed E-state index contributed by atoms with van der Waals surface area (Å²) < 4.78 is 134. The fourth-order valence-corrected chi connectivity index (χ4v) is 8.78. The SMILES string of the molecule is COC(=O)C(Cc1cccc2c1CC[C@@H]2c1c(C(F)(F)F)c2cc(CN3CCCCC3)ccc2n(C)c1=O)NC(=O)C1(C(F)(F)F)CCN(CC(F)(F)F)CC1. The average Bonchev–Trinajstić information content (AvgIpc) is 3.56. The number of piperidine rings is 2. The van der Waals surface area contributed by atoms with E-state index in [1.165, 1.54) is 35.9 Å². The van der Waals surface area contributed by atoms with Crippen LogP contribution in [-0.4, -0.2) is 84.5 Å². The minimum Gasteiger partial charge on any atom is -0.467 e. The Kier molecular flexibility index (Phi) is 11.6. The van der Waals surface area contributed by atoms with Gasteiger partial charge in [-0.3, -0.25) is 19.4 Å². The average molecular weight is 803 g/mol. The number of hydrogen-bond acceptors (Lipinski definition) is 6. The minimum atomic E-state index is -5.17. The normalized spacial score (nSPS) is 20.2. The van der Waals surface area contributed by atoms with Gasteiger partial charge < -0.3 is 14.6 Å². The van der Waals surface area contributed by atoms with Crippen LogP contribution < -0.4 is 10.9 Å². The molecule has 3 aliphatic rings. The van der Waals surface area contributed by atoms with E-state index in [0.29, 0.717) is 28.8 Å². The van der Waals surface area contributed by atoms with Crippen molar-refractivity contribution in [3.05, 3.63) is 80.1 Å². The number of nitrogens with one attached hydrogen (secondary N) is 1. The van der Waals surface area contributed by atoms with Crippen molar-refractivity contribution in [2.24, 2.45) is 12.5 Å². The fourth-order valence-electron chi connectivity index (χ4n) is 8.78. The van der Waals surface area contributed by atoms with Crippen molar-refractivity contribution >= 4 is 22.8 Å². The molecule has 3 heterocycles. The van der Waals surface area contributed by atoms with E-state index in [9.17, 15) is 40.7 Å². The van der Waals surface area contributed by atoms with Gasteiger partial charge in [-0.2, -0.15) is 39.5 Å². The van der Waals surface area contributed by atoms with E-state index < -0.39 is 103 Å². The van der Waals surface area contributed by atoms with Gasteiger partial charge in [0, 0.05) is 36.9 Å². The molecule has 56 heavy (non-hydrogen) atoms. The summed E-state index contributed by atoms with van der Waals surface area (Å²) in [4.78, 5) is 43.3. The second kappa shape index (κ2) is 15.7. The number of pyridine rings is 1. The summed E-state index contributed by atoms with van der Waals surface area (Å²) >= 11 is 0. The van der Waals surface area contributed by atoms with E-state index in [-0.39, 0.29) is 23.7 Å². The molecule has 0 spiro atoms. The van der Waals surface area contributed by atoms with Crippen molar-refractivity contribution in [3.63, 3.8) is 0 Å². The lowest BCUT2D eigenvalue weighted by molar-refractivity contribution is -0.236. The number of alkyl halides is 9. The van der Waals surface area contributed by atoms with Gasteiger partial charge in [0.25, 0.3) is 5.56 Å².